The van der Waals surface area contributed by atoms with E-state index in [1.54, 1.807) is 0 Å². The van der Waals surface area contributed by atoms with Crippen LogP contribution < -0.4 is 4.74 Å². The molecular weight excluding hydrogens is 360 g/mol. The van der Waals surface area contributed by atoms with Crippen LogP contribution in [0.1, 0.15) is 88.5 Å². The highest BCUT2D eigenvalue weighted by molar-refractivity contribution is 5.65. The summed E-state index contributed by atoms with van der Waals surface area (Å²) in [5, 5.41) is 0. The van der Waals surface area contributed by atoms with Gasteiger partial charge in [0.15, 0.2) is 0 Å². The zero-order chi connectivity index (χ0) is 20.9. The van der Waals surface area contributed by atoms with Crippen LogP contribution in [0.2, 0.25) is 0 Å². The highest BCUT2D eigenvalue weighted by Gasteiger charge is 2.19. The zero-order valence-electron chi connectivity index (χ0n) is 18.3. The van der Waals surface area contributed by atoms with E-state index in [2.05, 4.69) is 26.8 Å². The summed E-state index contributed by atoms with van der Waals surface area (Å²) in [6.45, 7) is 6.52. The van der Waals surface area contributed by atoms with Crippen molar-refractivity contribution in [1.82, 2.24) is 0 Å². The van der Waals surface area contributed by atoms with E-state index in [-0.39, 0.29) is 6.10 Å². The molecular formula is C26H36O3. The first-order chi connectivity index (χ1) is 14.2. The highest BCUT2D eigenvalue weighted by atomic mass is 16.7. The van der Waals surface area contributed by atoms with Gasteiger partial charge in [0.1, 0.15) is 11.9 Å². The Kier molecular flexibility index (Phi) is 10.3. The summed E-state index contributed by atoms with van der Waals surface area (Å²) in [6.07, 6.45) is 8.40. The van der Waals surface area contributed by atoms with E-state index < -0.39 is 6.16 Å². The largest absolute Gasteiger partial charge is 0.514 e. The van der Waals surface area contributed by atoms with Crippen molar-refractivity contribution in [3.63, 3.8) is 0 Å². The van der Waals surface area contributed by atoms with Gasteiger partial charge in [-0.2, -0.15) is 0 Å². The maximum absolute atomic E-state index is 12.7. The van der Waals surface area contributed by atoms with Crippen LogP contribution in [0.25, 0.3) is 0 Å². The minimum absolute atomic E-state index is 0.272. The fraction of sp³-hybridized carbons (Fsp3) is 0.500. The molecule has 3 heteroatoms. The number of hydrogen-bond donors (Lipinski definition) is 0. The molecule has 0 aromatic heterocycles. The van der Waals surface area contributed by atoms with Crippen molar-refractivity contribution in [2.45, 2.75) is 84.7 Å². The molecule has 2 rings (SSSR count). The number of carbonyl (C=O) groups excluding carboxylic acids is 1. The second kappa shape index (κ2) is 13.0. The SMILES string of the molecule is CCCCc1cccc(OC(=O)OC(CCCC)c2ccccc2)c1CCCC. The normalized spacial score (nSPS) is 11.8. The lowest BCUT2D eigenvalue weighted by molar-refractivity contribution is 0.0527. The van der Waals surface area contributed by atoms with Crippen molar-refractivity contribution < 1.29 is 14.3 Å². The summed E-state index contributed by atoms with van der Waals surface area (Å²) < 4.78 is 11.5. The van der Waals surface area contributed by atoms with E-state index in [1.807, 2.05) is 42.5 Å². The number of carbonyl (C=O) groups is 1. The van der Waals surface area contributed by atoms with Crippen molar-refractivity contribution in [3.05, 3.63) is 65.2 Å². The molecule has 0 aliphatic carbocycles. The summed E-state index contributed by atoms with van der Waals surface area (Å²) in [5.74, 6) is 0.652. The molecule has 2 aromatic carbocycles. The molecule has 158 valence electrons. The third kappa shape index (κ3) is 7.56. The lowest BCUT2D eigenvalue weighted by Crippen LogP contribution is -2.16. The van der Waals surface area contributed by atoms with E-state index in [1.165, 1.54) is 5.56 Å². The predicted molar refractivity (Wildman–Crippen MR) is 119 cm³/mol. The molecule has 0 N–H and O–H groups in total. The molecule has 0 heterocycles. The van der Waals surface area contributed by atoms with Crippen LogP contribution in [0.15, 0.2) is 48.5 Å². The number of unbranched alkanes of at least 4 members (excludes halogenated alkanes) is 3. The van der Waals surface area contributed by atoms with E-state index in [9.17, 15) is 4.79 Å². The standard InChI is InChI=1S/C26H36O3/c1-4-7-14-21-17-13-20-25(23(21)18-8-5-2)29-26(27)28-24(19-9-6-3)22-15-11-10-12-16-22/h10-13,15-17,20,24H,4-9,14,18-19H2,1-3H3. The minimum Gasteiger partial charge on any atom is -0.426 e. The van der Waals surface area contributed by atoms with Gasteiger partial charge in [0.25, 0.3) is 0 Å². The lowest BCUT2D eigenvalue weighted by Gasteiger charge is -2.19. The first-order valence-electron chi connectivity index (χ1n) is 11.2. The van der Waals surface area contributed by atoms with Gasteiger partial charge in [-0.1, -0.05) is 82.5 Å². The van der Waals surface area contributed by atoms with Crippen molar-refractivity contribution in [3.8, 4) is 5.75 Å². The molecule has 0 aliphatic heterocycles. The number of ether oxygens (including phenoxy) is 2. The molecule has 0 bridgehead atoms. The molecule has 0 spiro atoms. The van der Waals surface area contributed by atoms with Gasteiger partial charge in [-0.15, -0.1) is 0 Å². The first-order valence-corrected chi connectivity index (χ1v) is 11.2. The number of hydrogen-bond acceptors (Lipinski definition) is 3. The van der Waals surface area contributed by atoms with Gasteiger partial charge in [0.05, 0.1) is 0 Å². The molecule has 0 aliphatic rings. The van der Waals surface area contributed by atoms with Crippen molar-refractivity contribution >= 4 is 6.16 Å². The van der Waals surface area contributed by atoms with Crippen LogP contribution in [0.5, 0.6) is 5.75 Å². The first kappa shape index (κ1) is 23.0. The van der Waals surface area contributed by atoms with Gasteiger partial charge < -0.3 is 9.47 Å². The van der Waals surface area contributed by atoms with E-state index >= 15 is 0 Å². The Balaban J connectivity index is 2.14. The Morgan fingerprint density at radius 1 is 0.828 bits per heavy atom. The molecule has 0 radical (unpaired) electrons. The number of benzene rings is 2. The van der Waals surface area contributed by atoms with Crippen molar-refractivity contribution in [1.29, 1.82) is 0 Å². The molecule has 0 fully saturated rings. The van der Waals surface area contributed by atoms with Crippen LogP contribution in [0.3, 0.4) is 0 Å². The van der Waals surface area contributed by atoms with E-state index in [0.717, 1.165) is 68.9 Å². The van der Waals surface area contributed by atoms with Crippen LogP contribution in [-0.2, 0) is 17.6 Å². The molecule has 3 nitrogen and oxygen atoms in total. The van der Waals surface area contributed by atoms with E-state index in [0.29, 0.717) is 5.75 Å². The maximum atomic E-state index is 12.7. The predicted octanol–water partition coefficient (Wildman–Crippen LogP) is 7.82. The van der Waals surface area contributed by atoms with E-state index in [4.69, 9.17) is 9.47 Å². The smallest absolute Gasteiger partial charge is 0.426 e. The zero-order valence-corrected chi connectivity index (χ0v) is 18.3. The molecule has 2 aromatic rings. The van der Waals surface area contributed by atoms with Gasteiger partial charge in [-0.05, 0) is 61.3 Å². The van der Waals surface area contributed by atoms with Crippen LogP contribution in [0, 0.1) is 0 Å². The summed E-state index contributed by atoms with van der Waals surface area (Å²) in [6, 6.07) is 16.0. The van der Waals surface area contributed by atoms with Gasteiger partial charge in [-0.25, -0.2) is 4.79 Å². The van der Waals surface area contributed by atoms with Gasteiger partial charge in [-0.3, -0.25) is 0 Å². The van der Waals surface area contributed by atoms with Gasteiger partial charge in [0, 0.05) is 0 Å². The molecule has 0 saturated heterocycles. The maximum Gasteiger partial charge on any atom is 0.514 e. The quantitative estimate of drug-likeness (QED) is 0.271. The second-order valence-electron chi connectivity index (χ2n) is 7.61. The Labute approximate surface area is 176 Å². The molecule has 1 atom stereocenters. The number of rotatable bonds is 12. The topological polar surface area (TPSA) is 35.5 Å². The average molecular weight is 397 g/mol. The molecule has 1 unspecified atom stereocenters. The second-order valence-corrected chi connectivity index (χ2v) is 7.61. The van der Waals surface area contributed by atoms with Gasteiger partial charge >= 0.3 is 6.16 Å². The summed E-state index contributed by atoms with van der Waals surface area (Å²) >= 11 is 0. The van der Waals surface area contributed by atoms with Crippen LogP contribution in [0.4, 0.5) is 4.79 Å². The molecule has 0 amide bonds. The lowest BCUT2D eigenvalue weighted by atomic mass is 9.97. The summed E-state index contributed by atoms with van der Waals surface area (Å²) in [7, 11) is 0. The van der Waals surface area contributed by atoms with Crippen molar-refractivity contribution in [2.75, 3.05) is 0 Å². The summed E-state index contributed by atoms with van der Waals surface area (Å²) in [5.41, 5.74) is 3.46. The fourth-order valence-electron chi connectivity index (χ4n) is 3.53. The average Bonchev–Trinajstić information content (AvgIpc) is 2.75. The van der Waals surface area contributed by atoms with Crippen molar-refractivity contribution in [2.24, 2.45) is 0 Å². The third-order valence-corrected chi connectivity index (χ3v) is 5.23. The Morgan fingerprint density at radius 2 is 1.52 bits per heavy atom. The summed E-state index contributed by atoms with van der Waals surface area (Å²) in [4.78, 5) is 12.7. The fourth-order valence-corrected chi connectivity index (χ4v) is 3.53. The van der Waals surface area contributed by atoms with Crippen LogP contribution >= 0.6 is 0 Å². The molecule has 29 heavy (non-hydrogen) atoms. The van der Waals surface area contributed by atoms with Crippen LogP contribution in [-0.4, -0.2) is 6.16 Å². The monoisotopic (exact) mass is 396 g/mol. The van der Waals surface area contributed by atoms with Gasteiger partial charge in [0.2, 0.25) is 0 Å². The third-order valence-electron chi connectivity index (χ3n) is 5.23. The Hall–Kier alpha value is -2.29. The molecule has 0 saturated carbocycles. The number of aryl methyl sites for hydroxylation is 1. The highest BCUT2D eigenvalue weighted by Crippen LogP contribution is 2.28. The minimum atomic E-state index is -0.611. The Morgan fingerprint density at radius 3 is 2.21 bits per heavy atom. The Bertz CT molecular complexity index is 724.